The Labute approximate surface area is 136 Å². The van der Waals surface area contributed by atoms with E-state index >= 15 is 0 Å². The molecule has 0 amide bonds. The monoisotopic (exact) mass is 322 g/mol. The Morgan fingerprint density at radius 3 is 2.67 bits per heavy atom. The van der Waals surface area contributed by atoms with Crippen molar-refractivity contribution in [1.82, 2.24) is 15.2 Å². The number of hydrogen-bond donors (Lipinski definition) is 3. The second kappa shape index (κ2) is 4.92. The highest BCUT2D eigenvalue weighted by Crippen LogP contribution is 2.36. The molecule has 2 aromatic carbocycles. The fraction of sp³-hybridized carbons (Fsp3) is 0.111. The van der Waals surface area contributed by atoms with E-state index in [0.717, 1.165) is 16.5 Å². The predicted octanol–water partition coefficient (Wildman–Crippen LogP) is 3.41. The number of benzene rings is 2. The van der Waals surface area contributed by atoms with Crippen LogP contribution in [0.2, 0.25) is 0 Å². The molecule has 0 aliphatic rings. The number of fused-ring (bicyclic) bond motifs is 2. The van der Waals surface area contributed by atoms with Crippen LogP contribution in [-0.2, 0) is 0 Å². The molecule has 4 aromatic rings. The SMILES string of the molecule is Cc1cc2[nH]c(=O)c(N)c(-c3ccc(F)c4[nH]ncc34)c2cc1C. The van der Waals surface area contributed by atoms with Gasteiger partial charge in [-0.1, -0.05) is 6.07 Å². The van der Waals surface area contributed by atoms with Crippen LogP contribution < -0.4 is 11.3 Å². The summed E-state index contributed by atoms with van der Waals surface area (Å²) in [5.74, 6) is -0.397. The van der Waals surface area contributed by atoms with E-state index in [-0.39, 0.29) is 11.2 Å². The van der Waals surface area contributed by atoms with Gasteiger partial charge in [0.05, 0.1) is 6.20 Å². The maximum atomic E-state index is 14.0. The van der Waals surface area contributed by atoms with E-state index in [9.17, 15) is 9.18 Å². The topological polar surface area (TPSA) is 87.6 Å². The minimum atomic E-state index is -0.397. The Kier molecular flexibility index (Phi) is 2.96. The number of aryl methyl sites for hydroxylation is 2. The molecular weight excluding hydrogens is 307 g/mol. The van der Waals surface area contributed by atoms with Gasteiger partial charge in [0.1, 0.15) is 17.0 Å². The highest BCUT2D eigenvalue weighted by Gasteiger charge is 2.17. The Bertz CT molecular complexity index is 1170. The van der Waals surface area contributed by atoms with E-state index in [1.54, 1.807) is 12.3 Å². The first-order valence-electron chi connectivity index (χ1n) is 7.52. The lowest BCUT2D eigenvalue weighted by Crippen LogP contribution is -2.13. The quantitative estimate of drug-likeness (QED) is 0.502. The third kappa shape index (κ3) is 1.93. The van der Waals surface area contributed by atoms with Crippen LogP contribution in [0.3, 0.4) is 0 Å². The van der Waals surface area contributed by atoms with E-state index < -0.39 is 5.82 Å². The number of rotatable bonds is 1. The summed E-state index contributed by atoms with van der Waals surface area (Å²) in [5.41, 5.74) is 10.3. The summed E-state index contributed by atoms with van der Waals surface area (Å²) in [7, 11) is 0. The summed E-state index contributed by atoms with van der Waals surface area (Å²) < 4.78 is 14.0. The first-order valence-corrected chi connectivity index (χ1v) is 7.52. The molecule has 0 saturated carbocycles. The third-order valence-electron chi connectivity index (χ3n) is 4.50. The Morgan fingerprint density at radius 2 is 1.88 bits per heavy atom. The molecule has 4 rings (SSSR count). The minimum Gasteiger partial charge on any atom is -0.394 e. The van der Waals surface area contributed by atoms with Crippen LogP contribution in [0.1, 0.15) is 11.1 Å². The van der Waals surface area contributed by atoms with Gasteiger partial charge in [0, 0.05) is 21.9 Å². The molecular formula is C18H15FN4O. The van der Waals surface area contributed by atoms with Crippen molar-refractivity contribution in [3.63, 3.8) is 0 Å². The van der Waals surface area contributed by atoms with Crippen molar-refractivity contribution >= 4 is 27.5 Å². The third-order valence-corrected chi connectivity index (χ3v) is 4.50. The van der Waals surface area contributed by atoms with Crippen molar-refractivity contribution in [3.05, 3.63) is 57.8 Å². The fourth-order valence-electron chi connectivity index (χ4n) is 3.08. The van der Waals surface area contributed by atoms with Gasteiger partial charge in [-0.15, -0.1) is 0 Å². The van der Waals surface area contributed by atoms with E-state index in [4.69, 9.17) is 5.73 Å². The van der Waals surface area contributed by atoms with Gasteiger partial charge in [0.15, 0.2) is 0 Å². The molecule has 2 heterocycles. The minimum absolute atomic E-state index is 0.111. The number of halogens is 1. The number of nitrogen functional groups attached to an aromatic ring is 1. The van der Waals surface area contributed by atoms with Gasteiger partial charge in [-0.2, -0.15) is 5.10 Å². The van der Waals surface area contributed by atoms with Crippen LogP contribution in [0.25, 0.3) is 32.9 Å². The first-order chi connectivity index (χ1) is 11.5. The smallest absolute Gasteiger partial charge is 0.272 e. The summed E-state index contributed by atoms with van der Waals surface area (Å²) >= 11 is 0. The molecule has 0 bridgehead atoms. The van der Waals surface area contributed by atoms with Crippen LogP contribution >= 0.6 is 0 Å². The zero-order valence-electron chi connectivity index (χ0n) is 13.2. The Hall–Kier alpha value is -3.15. The van der Waals surface area contributed by atoms with Crippen molar-refractivity contribution in [2.45, 2.75) is 13.8 Å². The van der Waals surface area contributed by atoms with Crippen LogP contribution in [0.4, 0.5) is 10.1 Å². The highest BCUT2D eigenvalue weighted by molar-refractivity contribution is 6.07. The molecule has 2 aromatic heterocycles. The molecule has 6 heteroatoms. The maximum absolute atomic E-state index is 14.0. The molecule has 0 radical (unpaired) electrons. The van der Waals surface area contributed by atoms with Crippen LogP contribution in [0.5, 0.6) is 0 Å². The normalized spacial score (nSPS) is 11.5. The van der Waals surface area contributed by atoms with Crippen molar-refractivity contribution in [1.29, 1.82) is 0 Å². The van der Waals surface area contributed by atoms with Crippen LogP contribution in [0.15, 0.2) is 35.3 Å². The van der Waals surface area contributed by atoms with Gasteiger partial charge in [-0.3, -0.25) is 9.89 Å². The zero-order chi connectivity index (χ0) is 17.0. The Balaban J connectivity index is 2.21. The number of nitrogens with zero attached hydrogens (tertiary/aromatic N) is 1. The standard InChI is InChI=1S/C18H15FN4O/c1-8-5-11-14(6-9(8)2)22-18(24)16(20)15(11)10-3-4-13(19)17-12(10)7-21-23-17/h3-7H,20H2,1-2H3,(H,21,23)(H,22,24). The number of hydrogen-bond acceptors (Lipinski definition) is 3. The van der Waals surface area contributed by atoms with Gasteiger partial charge in [0.25, 0.3) is 5.56 Å². The zero-order valence-corrected chi connectivity index (χ0v) is 13.2. The average Bonchev–Trinajstić information content (AvgIpc) is 3.03. The van der Waals surface area contributed by atoms with Crippen molar-refractivity contribution in [2.24, 2.45) is 0 Å². The number of pyridine rings is 1. The lowest BCUT2D eigenvalue weighted by molar-refractivity contribution is 0.636. The lowest BCUT2D eigenvalue weighted by atomic mass is 9.94. The van der Waals surface area contributed by atoms with Crippen molar-refractivity contribution < 1.29 is 4.39 Å². The fourth-order valence-corrected chi connectivity index (χ4v) is 3.08. The largest absolute Gasteiger partial charge is 0.394 e. The summed E-state index contributed by atoms with van der Waals surface area (Å²) in [6, 6.07) is 6.89. The summed E-state index contributed by atoms with van der Waals surface area (Å²) in [6.07, 6.45) is 1.54. The van der Waals surface area contributed by atoms with Crippen LogP contribution in [-0.4, -0.2) is 15.2 Å². The van der Waals surface area contributed by atoms with Crippen molar-refractivity contribution in [2.75, 3.05) is 5.73 Å². The molecule has 5 nitrogen and oxygen atoms in total. The number of H-pyrrole nitrogens is 2. The summed E-state index contributed by atoms with van der Waals surface area (Å²) in [6.45, 7) is 3.98. The average molecular weight is 322 g/mol. The summed E-state index contributed by atoms with van der Waals surface area (Å²) in [4.78, 5) is 15.1. The Morgan fingerprint density at radius 1 is 1.12 bits per heavy atom. The van der Waals surface area contributed by atoms with Gasteiger partial charge in [-0.25, -0.2) is 4.39 Å². The van der Waals surface area contributed by atoms with Crippen LogP contribution in [0, 0.1) is 19.7 Å². The maximum Gasteiger partial charge on any atom is 0.272 e. The first kappa shape index (κ1) is 14.4. The molecule has 0 unspecified atom stereocenters. The second-order valence-corrected chi connectivity index (χ2v) is 5.98. The number of aromatic amines is 2. The van der Waals surface area contributed by atoms with E-state index in [2.05, 4.69) is 15.2 Å². The van der Waals surface area contributed by atoms with E-state index in [1.165, 1.54) is 6.07 Å². The van der Waals surface area contributed by atoms with Gasteiger partial charge in [-0.05, 0) is 48.7 Å². The molecule has 24 heavy (non-hydrogen) atoms. The molecule has 0 saturated heterocycles. The van der Waals surface area contributed by atoms with E-state index in [0.29, 0.717) is 27.5 Å². The number of nitrogens with one attached hydrogen (secondary N) is 2. The van der Waals surface area contributed by atoms with Gasteiger partial charge in [0.2, 0.25) is 0 Å². The lowest BCUT2D eigenvalue weighted by Gasteiger charge is -2.13. The molecule has 0 aliphatic heterocycles. The molecule has 0 fully saturated rings. The molecule has 0 aliphatic carbocycles. The number of aromatic nitrogens is 3. The van der Waals surface area contributed by atoms with Gasteiger partial charge < -0.3 is 10.7 Å². The highest BCUT2D eigenvalue weighted by atomic mass is 19.1. The van der Waals surface area contributed by atoms with E-state index in [1.807, 2.05) is 26.0 Å². The molecule has 120 valence electrons. The number of nitrogens with two attached hydrogens (primary N) is 1. The number of anilines is 1. The van der Waals surface area contributed by atoms with Gasteiger partial charge >= 0.3 is 0 Å². The second-order valence-electron chi connectivity index (χ2n) is 5.98. The summed E-state index contributed by atoms with van der Waals surface area (Å²) in [5, 5.41) is 7.98. The molecule has 0 atom stereocenters. The molecule has 0 spiro atoms. The van der Waals surface area contributed by atoms with Crippen molar-refractivity contribution in [3.8, 4) is 11.1 Å². The molecule has 4 N–H and O–H groups in total. The predicted molar refractivity (Wildman–Crippen MR) is 93.5 cm³/mol.